The van der Waals surface area contributed by atoms with E-state index in [0.717, 1.165) is 36.2 Å². The van der Waals surface area contributed by atoms with Gasteiger partial charge in [-0.25, -0.2) is 9.37 Å². The Bertz CT molecular complexity index is 1180. The molecule has 1 N–H and O–H groups in total. The summed E-state index contributed by atoms with van der Waals surface area (Å²) in [5.74, 6) is 0.175. The molecular formula is C31H39FN4O. The topological polar surface area (TPSA) is 50.2 Å². The Balaban J connectivity index is 1.46. The maximum Gasteiger partial charge on any atom is 0.274 e. The van der Waals surface area contributed by atoms with Crippen LogP contribution in [-0.4, -0.2) is 46.0 Å². The third-order valence-electron chi connectivity index (χ3n) is 8.21. The minimum absolute atomic E-state index is 0.00562. The lowest BCUT2D eigenvalue weighted by molar-refractivity contribution is 0.0628. The molecule has 1 amide bonds. The second-order valence-electron chi connectivity index (χ2n) is 10.9. The van der Waals surface area contributed by atoms with E-state index >= 15 is 0 Å². The molecule has 1 saturated heterocycles. The van der Waals surface area contributed by atoms with Crippen molar-refractivity contribution in [2.75, 3.05) is 19.6 Å². The van der Waals surface area contributed by atoms with Crippen molar-refractivity contribution in [3.05, 3.63) is 89.8 Å². The molecule has 0 bridgehead atoms. The molecule has 5 nitrogen and oxygen atoms in total. The van der Waals surface area contributed by atoms with Gasteiger partial charge in [-0.15, -0.1) is 6.58 Å². The Kier molecular flexibility index (Phi) is 8.04. The van der Waals surface area contributed by atoms with Crippen LogP contribution in [0.5, 0.6) is 0 Å². The number of nitrogens with one attached hydrogen (secondary N) is 1. The van der Waals surface area contributed by atoms with Crippen LogP contribution in [0.3, 0.4) is 0 Å². The average Bonchev–Trinajstić information content (AvgIpc) is 3.34. The molecule has 2 aliphatic carbocycles. The Hall–Kier alpha value is -2.99. The minimum atomic E-state index is -0.240. The van der Waals surface area contributed by atoms with E-state index in [1.54, 1.807) is 18.2 Å². The van der Waals surface area contributed by atoms with Crippen LogP contribution < -0.4 is 5.32 Å². The summed E-state index contributed by atoms with van der Waals surface area (Å²) in [6.07, 6.45) is 19.6. The van der Waals surface area contributed by atoms with E-state index in [0.29, 0.717) is 43.6 Å². The Morgan fingerprint density at radius 1 is 1.16 bits per heavy atom. The Morgan fingerprint density at radius 3 is 2.73 bits per heavy atom. The third-order valence-corrected chi connectivity index (χ3v) is 8.21. The summed E-state index contributed by atoms with van der Waals surface area (Å²) in [5.41, 5.74) is 3.46. The number of hydrogen-bond acceptors (Lipinski definition) is 3. The number of imidazole rings is 1. The van der Waals surface area contributed by atoms with Crippen LogP contribution in [0, 0.1) is 11.7 Å². The lowest BCUT2D eigenvalue weighted by Gasteiger charge is -2.37. The van der Waals surface area contributed by atoms with Crippen molar-refractivity contribution in [1.82, 2.24) is 19.8 Å². The monoisotopic (exact) mass is 502 g/mol. The zero-order valence-electron chi connectivity index (χ0n) is 21.9. The van der Waals surface area contributed by atoms with E-state index in [-0.39, 0.29) is 23.7 Å². The van der Waals surface area contributed by atoms with Crippen LogP contribution in [0.15, 0.2) is 61.5 Å². The van der Waals surface area contributed by atoms with Crippen LogP contribution in [0.4, 0.5) is 4.39 Å². The minimum Gasteiger partial charge on any atom is -0.331 e. The second-order valence-corrected chi connectivity index (χ2v) is 10.9. The molecule has 2 heterocycles. The Labute approximate surface area is 220 Å². The molecule has 5 rings (SSSR count). The van der Waals surface area contributed by atoms with Gasteiger partial charge in [0.05, 0.1) is 12.0 Å². The predicted molar refractivity (Wildman–Crippen MR) is 146 cm³/mol. The van der Waals surface area contributed by atoms with Crippen LogP contribution in [-0.2, 0) is 12.8 Å². The number of nitrogens with zero attached hydrogens (tertiary/aromatic N) is 3. The van der Waals surface area contributed by atoms with Crippen LogP contribution in [0.1, 0.15) is 78.3 Å². The van der Waals surface area contributed by atoms with E-state index in [2.05, 4.69) is 47.7 Å². The van der Waals surface area contributed by atoms with E-state index in [1.807, 2.05) is 17.3 Å². The number of benzene rings is 1. The van der Waals surface area contributed by atoms with Crippen molar-refractivity contribution in [3.8, 4) is 0 Å². The van der Waals surface area contributed by atoms with Gasteiger partial charge in [-0.1, -0.05) is 62.6 Å². The van der Waals surface area contributed by atoms with Crippen LogP contribution >= 0.6 is 0 Å². The summed E-state index contributed by atoms with van der Waals surface area (Å²) in [7, 11) is 0. The second kappa shape index (κ2) is 11.6. The molecule has 2 aromatic rings. The average molecular weight is 503 g/mol. The third kappa shape index (κ3) is 5.64. The molecule has 1 aromatic carbocycles. The van der Waals surface area contributed by atoms with E-state index in [9.17, 15) is 9.18 Å². The first-order chi connectivity index (χ1) is 18.0. The molecule has 37 heavy (non-hydrogen) atoms. The van der Waals surface area contributed by atoms with Gasteiger partial charge in [0.2, 0.25) is 0 Å². The highest BCUT2D eigenvalue weighted by Gasteiger charge is 2.35. The van der Waals surface area contributed by atoms with Gasteiger partial charge in [0.15, 0.2) is 0 Å². The van der Waals surface area contributed by atoms with Crippen molar-refractivity contribution >= 4 is 5.91 Å². The van der Waals surface area contributed by atoms with Crippen molar-refractivity contribution in [2.24, 2.45) is 5.92 Å². The highest BCUT2D eigenvalue weighted by Crippen LogP contribution is 2.37. The largest absolute Gasteiger partial charge is 0.331 e. The molecule has 1 saturated carbocycles. The molecule has 3 aliphatic rings. The van der Waals surface area contributed by atoms with Crippen molar-refractivity contribution in [1.29, 1.82) is 0 Å². The molecule has 0 radical (unpaired) electrons. The van der Waals surface area contributed by atoms with Gasteiger partial charge in [0.1, 0.15) is 11.5 Å². The molecule has 3 atom stereocenters. The number of carbonyl (C=O) groups is 1. The molecule has 1 aliphatic heterocycles. The van der Waals surface area contributed by atoms with Crippen LogP contribution in [0.25, 0.3) is 0 Å². The highest BCUT2D eigenvalue weighted by molar-refractivity contribution is 5.94. The predicted octanol–water partition coefficient (Wildman–Crippen LogP) is 5.76. The van der Waals surface area contributed by atoms with Gasteiger partial charge in [-0.05, 0) is 54.9 Å². The van der Waals surface area contributed by atoms with Gasteiger partial charge < -0.3 is 14.8 Å². The van der Waals surface area contributed by atoms with Gasteiger partial charge in [-0.2, -0.15) is 0 Å². The van der Waals surface area contributed by atoms with Crippen molar-refractivity contribution in [3.63, 3.8) is 0 Å². The SMILES string of the molecule is C=CCc1cc(F)cc(C[C@@H]2CNCCN2C(=O)c2ncn(C3CCCCC3)c2C2C=CC=CC2C)c1. The van der Waals surface area contributed by atoms with E-state index < -0.39 is 0 Å². The number of halogens is 1. The fraction of sp³-hybridized carbons (Fsp3) is 0.484. The summed E-state index contributed by atoms with van der Waals surface area (Å²) in [6.45, 7) is 8.04. The van der Waals surface area contributed by atoms with E-state index in [1.165, 1.54) is 19.3 Å². The van der Waals surface area contributed by atoms with Crippen LogP contribution in [0.2, 0.25) is 0 Å². The van der Waals surface area contributed by atoms with Crippen molar-refractivity contribution < 1.29 is 9.18 Å². The molecule has 196 valence electrons. The molecule has 2 fully saturated rings. The molecule has 6 heteroatoms. The normalized spacial score (nSPS) is 24.4. The number of rotatable bonds is 7. The smallest absolute Gasteiger partial charge is 0.274 e. The number of carbonyl (C=O) groups excluding carboxylic acids is 1. The van der Waals surface area contributed by atoms with E-state index in [4.69, 9.17) is 4.98 Å². The summed E-state index contributed by atoms with van der Waals surface area (Å²) >= 11 is 0. The fourth-order valence-corrected chi connectivity index (χ4v) is 6.31. The standard InChI is InChI=1S/C31H39FN4O/c1-3-9-23-16-24(18-25(32)17-23)19-27-20-33-14-15-35(27)31(37)29-30(28-13-8-7-10-22(28)2)36(21-34-29)26-11-5-4-6-12-26/h3,7-8,10,13,16-18,21-22,26-28,33H,1,4-6,9,11-12,14-15,19-20H2,2H3/t22?,27-,28?/m1/s1. The quantitative estimate of drug-likeness (QED) is 0.490. The van der Waals surface area contributed by atoms with Gasteiger partial charge in [0.25, 0.3) is 5.91 Å². The molecule has 2 unspecified atom stereocenters. The zero-order chi connectivity index (χ0) is 25.8. The van der Waals surface area contributed by atoms with Gasteiger partial charge >= 0.3 is 0 Å². The number of piperazine rings is 1. The number of amides is 1. The first kappa shape index (κ1) is 25.7. The first-order valence-corrected chi connectivity index (χ1v) is 13.9. The first-order valence-electron chi connectivity index (χ1n) is 13.9. The van der Waals surface area contributed by atoms with Gasteiger partial charge in [-0.3, -0.25) is 4.79 Å². The maximum atomic E-state index is 14.3. The highest BCUT2D eigenvalue weighted by atomic mass is 19.1. The zero-order valence-corrected chi connectivity index (χ0v) is 21.9. The molecule has 1 aromatic heterocycles. The summed E-state index contributed by atoms with van der Waals surface area (Å²) < 4.78 is 16.7. The summed E-state index contributed by atoms with van der Waals surface area (Å²) in [5, 5.41) is 3.44. The lowest BCUT2D eigenvalue weighted by Crippen LogP contribution is -2.54. The number of allylic oxidation sites excluding steroid dienone is 5. The Morgan fingerprint density at radius 2 is 1.95 bits per heavy atom. The number of hydrogen-bond donors (Lipinski definition) is 1. The van der Waals surface area contributed by atoms with Gasteiger partial charge in [0, 0.05) is 37.6 Å². The van der Waals surface area contributed by atoms with Crippen molar-refractivity contribution in [2.45, 2.75) is 69.9 Å². The maximum absolute atomic E-state index is 14.3. The molecular weight excluding hydrogens is 463 g/mol. The lowest BCUT2D eigenvalue weighted by atomic mass is 9.85. The summed E-state index contributed by atoms with van der Waals surface area (Å²) in [6, 6.07) is 5.52. The number of aromatic nitrogens is 2. The fourth-order valence-electron chi connectivity index (χ4n) is 6.31. The molecule has 0 spiro atoms. The summed E-state index contributed by atoms with van der Waals surface area (Å²) in [4.78, 5) is 21.0.